The molecule has 2 aromatic heterocycles. The number of hydrogen-bond acceptors (Lipinski definition) is 3. The molecule has 10 heteroatoms. The Labute approximate surface area is 165 Å². The van der Waals surface area contributed by atoms with Crippen LogP contribution in [0.3, 0.4) is 0 Å². The van der Waals surface area contributed by atoms with Gasteiger partial charge < -0.3 is 4.57 Å². The summed E-state index contributed by atoms with van der Waals surface area (Å²) in [4.78, 5) is 21.4. The third kappa shape index (κ3) is 4.30. The van der Waals surface area contributed by atoms with E-state index in [1.807, 2.05) is 0 Å². The van der Waals surface area contributed by atoms with Crippen molar-refractivity contribution in [3.05, 3.63) is 51.8 Å². The maximum Gasteiger partial charge on any atom is 0.391 e. The topological polar surface area (TPSA) is 52.7 Å². The standard InChI is InChI=1S/C17H16ClF3N4O.H2S/c1-10(17(19,20)21)3-8-13-23-15-14(22-9-24(15)2)16(26)25(13)12-6-4-11(18)5-7-12;/h4-7,9-10H,3,8H2,1-2H3;1H2/t10-;/m0./s1. The highest BCUT2D eigenvalue weighted by Crippen LogP contribution is 2.29. The maximum absolute atomic E-state index is 12.9. The maximum atomic E-state index is 12.9. The highest BCUT2D eigenvalue weighted by Gasteiger charge is 2.35. The molecule has 0 fully saturated rings. The number of halogens is 4. The minimum Gasteiger partial charge on any atom is -0.318 e. The summed E-state index contributed by atoms with van der Waals surface area (Å²) in [7, 11) is 1.68. The Hall–Kier alpha value is -2.00. The van der Waals surface area contributed by atoms with Crippen LogP contribution in [0.5, 0.6) is 0 Å². The molecule has 0 saturated carbocycles. The van der Waals surface area contributed by atoms with Crippen LogP contribution in [0.4, 0.5) is 13.2 Å². The van der Waals surface area contributed by atoms with Crippen LogP contribution in [0.15, 0.2) is 35.4 Å². The predicted molar refractivity (Wildman–Crippen MR) is 103 cm³/mol. The molecule has 5 nitrogen and oxygen atoms in total. The van der Waals surface area contributed by atoms with Gasteiger partial charge in [-0.3, -0.25) is 9.36 Å². The van der Waals surface area contributed by atoms with E-state index in [2.05, 4.69) is 9.97 Å². The van der Waals surface area contributed by atoms with Gasteiger partial charge in [-0.25, -0.2) is 9.97 Å². The zero-order valence-electron chi connectivity index (χ0n) is 14.6. The van der Waals surface area contributed by atoms with Gasteiger partial charge in [0.1, 0.15) is 5.82 Å². The Bertz CT molecular complexity index is 998. The fourth-order valence-corrected chi connectivity index (χ4v) is 2.76. The summed E-state index contributed by atoms with van der Waals surface area (Å²) in [6, 6.07) is 6.45. The Morgan fingerprint density at radius 3 is 2.44 bits per heavy atom. The number of fused-ring (bicyclic) bond motifs is 1. The van der Waals surface area contributed by atoms with Gasteiger partial charge in [0.2, 0.25) is 0 Å². The number of alkyl halides is 3. The molecule has 0 radical (unpaired) electrons. The van der Waals surface area contributed by atoms with Crippen molar-refractivity contribution in [3.8, 4) is 5.69 Å². The van der Waals surface area contributed by atoms with Gasteiger partial charge >= 0.3 is 6.18 Å². The van der Waals surface area contributed by atoms with Crippen molar-refractivity contribution in [2.45, 2.75) is 25.9 Å². The lowest BCUT2D eigenvalue weighted by Crippen LogP contribution is -2.26. The fraction of sp³-hybridized carbons (Fsp3) is 0.353. The average molecular weight is 419 g/mol. The SMILES string of the molecule is C[C@@H](CCc1nc2c(ncn2C)c(=O)n1-c1ccc(Cl)cc1)C(F)(F)F.S. The molecule has 0 N–H and O–H groups in total. The van der Waals surface area contributed by atoms with Crippen LogP contribution >= 0.6 is 25.1 Å². The fourth-order valence-electron chi connectivity index (χ4n) is 2.64. The van der Waals surface area contributed by atoms with E-state index in [-0.39, 0.29) is 37.7 Å². The molecule has 0 spiro atoms. The van der Waals surface area contributed by atoms with Gasteiger partial charge in [0.15, 0.2) is 11.2 Å². The average Bonchev–Trinajstić information content (AvgIpc) is 2.94. The summed E-state index contributed by atoms with van der Waals surface area (Å²) >= 11 is 5.89. The minimum absolute atomic E-state index is 0. The molecule has 0 aliphatic rings. The van der Waals surface area contributed by atoms with Crippen molar-refractivity contribution in [2.24, 2.45) is 13.0 Å². The van der Waals surface area contributed by atoms with Gasteiger partial charge in [0.25, 0.3) is 5.56 Å². The molecule has 0 unspecified atom stereocenters. The molecule has 3 rings (SSSR count). The van der Waals surface area contributed by atoms with Gasteiger partial charge in [-0.15, -0.1) is 0 Å². The molecule has 0 aliphatic heterocycles. The zero-order chi connectivity index (χ0) is 19.1. The molecule has 1 atom stereocenters. The van der Waals surface area contributed by atoms with Crippen LogP contribution in [0.2, 0.25) is 5.02 Å². The summed E-state index contributed by atoms with van der Waals surface area (Å²) in [6.07, 6.45) is -3.01. The van der Waals surface area contributed by atoms with E-state index < -0.39 is 17.7 Å². The first kappa shape index (κ1) is 21.3. The van der Waals surface area contributed by atoms with E-state index in [9.17, 15) is 18.0 Å². The van der Waals surface area contributed by atoms with Gasteiger partial charge in [-0.1, -0.05) is 18.5 Å². The Kier molecular flexibility index (Phi) is 6.26. The zero-order valence-corrected chi connectivity index (χ0v) is 16.3. The number of aromatic nitrogens is 4. The summed E-state index contributed by atoms with van der Waals surface area (Å²) in [6.45, 7) is 1.12. The summed E-state index contributed by atoms with van der Waals surface area (Å²) in [5.41, 5.74) is 0.562. The van der Waals surface area contributed by atoms with Gasteiger partial charge in [0, 0.05) is 18.5 Å². The van der Waals surface area contributed by atoms with Crippen LogP contribution in [0, 0.1) is 5.92 Å². The monoisotopic (exact) mass is 418 g/mol. The van der Waals surface area contributed by atoms with Crippen LogP contribution in [-0.2, 0) is 13.5 Å². The van der Waals surface area contributed by atoms with E-state index in [1.54, 1.807) is 35.9 Å². The van der Waals surface area contributed by atoms with Crippen LogP contribution < -0.4 is 5.56 Å². The molecule has 27 heavy (non-hydrogen) atoms. The van der Waals surface area contributed by atoms with Crippen molar-refractivity contribution in [3.63, 3.8) is 0 Å². The van der Waals surface area contributed by atoms with Crippen molar-refractivity contribution in [1.29, 1.82) is 0 Å². The van der Waals surface area contributed by atoms with Crippen LogP contribution in [-0.4, -0.2) is 25.3 Å². The Morgan fingerprint density at radius 1 is 1.22 bits per heavy atom. The normalized spacial score (nSPS) is 12.8. The number of imidazole rings is 1. The van der Waals surface area contributed by atoms with Crippen LogP contribution in [0.25, 0.3) is 16.9 Å². The predicted octanol–water partition coefficient (Wildman–Crippen LogP) is 4.02. The molecule has 3 aromatic rings. The largest absolute Gasteiger partial charge is 0.391 e. The van der Waals surface area contributed by atoms with Crippen molar-refractivity contribution < 1.29 is 13.2 Å². The molecule has 1 aromatic carbocycles. The molecule has 0 amide bonds. The molecule has 0 bridgehead atoms. The van der Waals surface area contributed by atoms with Crippen LogP contribution in [0.1, 0.15) is 19.2 Å². The molecular formula is C17H18ClF3N4OS. The number of hydrogen-bond donors (Lipinski definition) is 0. The highest BCUT2D eigenvalue weighted by molar-refractivity contribution is 7.59. The van der Waals surface area contributed by atoms with E-state index in [0.717, 1.165) is 6.92 Å². The second kappa shape index (κ2) is 7.93. The number of benzene rings is 1. The van der Waals surface area contributed by atoms with Crippen molar-refractivity contribution >= 4 is 36.3 Å². The van der Waals surface area contributed by atoms with Gasteiger partial charge in [0.05, 0.1) is 17.9 Å². The first-order valence-electron chi connectivity index (χ1n) is 7.94. The molecule has 0 saturated heterocycles. The smallest absolute Gasteiger partial charge is 0.318 e. The van der Waals surface area contributed by atoms with E-state index in [4.69, 9.17) is 11.6 Å². The lowest BCUT2D eigenvalue weighted by molar-refractivity contribution is -0.171. The summed E-state index contributed by atoms with van der Waals surface area (Å²) < 4.78 is 41.4. The van der Waals surface area contributed by atoms with E-state index >= 15 is 0 Å². The van der Waals surface area contributed by atoms with Gasteiger partial charge in [-0.05, 0) is 30.7 Å². The van der Waals surface area contributed by atoms with Crippen molar-refractivity contribution in [1.82, 2.24) is 19.1 Å². The van der Waals surface area contributed by atoms with E-state index in [0.29, 0.717) is 16.4 Å². The molecule has 146 valence electrons. The number of aryl methyl sites for hydroxylation is 2. The second-order valence-corrected chi connectivity index (χ2v) is 6.59. The Balaban J connectivity index is 0.00000261. The lowest BCUT2D eigenvalue weighted by atomic mass is 10.0. The third-order valence-corrected chi connectivity index (χ3v) is 4.50. The first-order chi connectivity index (χ1) is 12.2. The van der Waals surface area contributed by atoms with Gasteiger partial charge in [-0.2, -0.15) is 26.7 Å². The van der Waals surface area contributed by atoms with E-state index in [1.165, 1.54) is 10.9 Å². The molecule has 2 heterocycles. The number of rotatable bonds is 4. The molecular weight excluding hydrogens is 401 g/mol. The third-order valence-electron chi connectivity index (χ3n) is 4.25. The highest BCUT2D eigenvalue weighted by atomic mass is 35.5. The summed E-state index contributed by atoms with van der Waals surface area (Å²) in [5, 5.41) is 0.487. The van der Waals surface area contributed by atoms with Crippen molar-refractivity contribution in [2.75, 3.05) is 0 Å². The quantitative estimate of drug-likeness (QED) is 0.643. The Morgan fingerprint density at radius 2 is 1.85 bits per heavy atom. The minimum atomic E-state index is -4.29. The first-order valence-corrected chi connectivity index (χ1v) is 8.32. The second-order valence-electron chi connectivity index (χ2n) is 6.15. The number of nitrogens with zero attached hydrogens (tertiary/aromatic N) is 4. The molecule has 0 aliphatic carbocycles. The summed E-state index contributed by atoms with van der Waals surface area (Å²) in [5.74, 6) is -1.25. The lowest BCUT2D eigenvalue weighted by Gasteiger charge is -2.17.